The molecule has 0 aromatic carbocycles. The molecule has 2 aliphatic carbocycles. The van der Waals surface area contributed by atoms with Gasteiger partial charge in [-0.15, -0.1) is 0 Å². The van der Waals surface area contributed by atoms with Crippen molar-refractivity contribution in [3.05, 3.63) is 0 Å². The third-order valence-electron chi connectivity index (χ3n) is 5.72. The zero-order chi connectivity index (χ0) is 13.6. The van der Waals surface area contributed by atoms with Gasteiger partial charge in [0.1, 0.15) is 0 Å². The lowest BCUT2D eigenvalue weighted by atomic mass is 9.79. The minimum absolute atomic E-state index is 0.459. The van der Waals surface area contributed by atoms with Crippen molar-refractivity contribution in [2.24, 2.45) is 0 Å². The monoisotopic (exact) mass is 266 g/mol. The van der Waals surface area contributed by atoms with Gasteiger partial charge >= 0.3 is 0 Å². The van der Waals surface area contributed by atoms with E-state index in [0.29, 0.717) is 5.54 Å². The van der Waals surface area contributed by atoms with Crippen molar-refractivity contribution in [1.82, 2.24) is 10.2 Å². The van der Waals surface area contributed by atoms with E-state index in [1.54, 1.807) is 0 Å². The van der Waals surface area contributed by atoms with Gasteiger partial charge in [-0.25, -0.2) is 0 Å². The Balaban J connectivity index is 1.83. The maximum atomic E-state index is 3.67. The Morgan fingerprint density at radius 2 is 1.63 bits per heavy atom. The lowest BCUT2D eigenvalue weighted by molar-refractivity contribution is 0.130. The summed E-state index contributed by atoms with van der Waals surface area (Å²) in [5.74, 6) is 0. The molecule has 112 valence electrons. The van der Waals surface area contributed by atoms with Gasteiger partial charge in [-0.3, -0.25) is 0 Å². The Labute approximate surface area is 120 Å². The number of nitrogens with one attached hydrogen (secondary N) is 1. The first-order valence-corrected chi connectivity index (χ1v) is 8.72. The van der Waals surface area contributed by atoms with Crippen molar-refractivity contribution in [1.29, 1.82) is 0 Å². The van der Waals surface area contributed by atoms with Crippen molar-refractivity contribution < 1.29 is 0 Å². The third-order valence-corrected chi connectivity index (χ3v) is 5.72. The van der Waals surface area contributed by atoms with Crippen molar-refractivity contribution >= 4 is 0 Å². The van der Waals surface area contributed by atoms with Gasteiger partial charge in [0.15, 0.2) is 0 Å². The van der Waals surface area contributed by atoms with Gasteiger partial charge in [0.25, 0.3) is 0 Å². The summed E-state index contributed by atoms with van der Waals surface area (Å²) in [6, 6.07) is 0.885. The van der Waals surface area contributed by atoms with Crippen molar-refractivity contribution in [2.45, 2.75) is 89.1 Å². The molecule has 2 rings (SSSR count). The zero-order valence-corrected chi connectivity index (χ0v) is 13.2. The highest BCUT2D eigenvalue weighted by Gasteiger charge is 2.31. The van der Waals surface area contributed by atoms with Crippen LogP contribution in [0, 0.1) is 0 Å². The Morgan fingerprint density at radius 1 is 1.00 bits per heavy atom. The summed E-state index contributed by atoms with van der Waals surface area (Å²) in [6.07, 6.45) is 15.7. The van der Waals surface area contributed by atoms with Gasteiger partial charge in [-0.05, 0) is 45.7 Å². The summed E-state index contributed by atoms with van der Waals surface area (Å²) >= 11 is 0. The molecular weight excluding hydrogens is 232 g/mol. The van der Waals surface area contributed by atoms with E-state index in [4.69, 9.17) is 0 Å². The summed E-state index contributed by atoms with van der Waals surface area (Å²) in [6.45, 7) is 4.90. The second-order valence-corrected chi connectivity index (χ2v) is 6.76. The highest BCUT2D eigenvalue weighted by molar-refractivity contribution is 4.91. The largest absolute Gasteiger partial charge is 0.314 e. The molecule has 0 aliphatic heterocycles. The van der Waals surface area contributed by atoms with Gasteiger partial charge in [0.05, 0.1) is 0 Å². The molecule has 19 heavy (non-hydrogen) atoms. The zero-order valence-electron chi connectivity index (χ0n) is 13.2. The van der Waals surface area contributed by atoms with Crippen LogP contribution in [0.2, 0.25) is 0 Å². The number of hydrogen-bond donors (Lipinski definition) is 1. The molecule has 1 N–H and O–H groups in total. The summed E-state index contributed by atoms with van der Waals surface area (Å²) in [4.78, 5) is 2.77. The first-order chi connectivity index (χ1) is 9.29. The van der Waals surface area contributed by atoms with E-state index in [0.717, 1.165) is 6.04 Å². The molecule has 0 heterocycles. The van der Waals surface area contributed by atoms with E-state index in [1.807, 2.05) is 0 Å². The maximum Gasteiger partial charge on any atom is 0.0190 e. The van der Waals surface area contributed by atoms with Gasteiger partial charge in [-0.2, -0.15) is 0 Å². The molecule has 2 fully saturated rings. The molecule has 0 spiro atoms. The highest BCUT2D eigenvalue weighted by Crippen LogP contribution is 2.31. The SMILES string of the molecule is CCN(CCC1(NC)CCCCC1)C1CCCCC1. The van der Waals surface area contributed by atoms with Crippen LogP contribution < -0.4 is 5.32 Å². The molecule has 0 unspecified atom stereocenters. The average Bonchev–Trinajstić information content (AvgIpc) is 2.50. The number of nitrogens with zero attached hydrogens (tertiary/aromatic N) is 1. The smallest absolute Gasteiger partial charge is 0.0190 e. The Kier molecular flexibility index (Phi) is 6.15. The van der Waals surface area contributed by atoms with Crippen LogP contribution in [-0.2, 0) is 0 Å². The molecule has 0 amide bonds. The summed E-state index contributed by atoms with van der Waals surface area (Å²) in [7, 11) is 2.18. The Morgan fingerprint density at radius 3 is 2.21 bits per heavy atom. The molecule has 2 heteroatoms. The van der Waals surface area contributed by atoms with Crippen LogP contribution in [0.3, 0.4) is 0 Å². The van der Waals surface area contributed by atoms with Crippen LogP contribution in [0.1, 0.15) is 77.6 Å². The minimum atomic E-state index is 0.459. The van der Waals surface area contributed by atoms with E-state index in [2.05, 4.69) is 24.2 Å². The van der Waals surface area contributed by atoms with E-state index >= 15 is 0 Å². The van der Waals surface area contributed by atoms with Crippen LogP contribution >= 0.6 is 0 Å². The van der Waals surface area contributed by atoms with E-state index in [9.17, 15) is 0 Å². The molecule has 0 aromatic rings. The van der Waals surface area contributed by atoms with Crippen molar-refractivity contribution in [2.75, 3.05) is 20.1 Å². The number of rotatable bonds is 6. The molecule has 0 saturated heterocycles. The van der Waals surface area contributed by atoms with Crippen LogP contribution in [-0.4, -0.2) is 36.6 Å². The topological polar surface area (TPSA) is 15.3 Å². The number of hydrogen-bond acceptors (Lipinski definition) is 2. The lowest BCUT2D eigenvalue weighted by Crippen LogP contribution is -2.48. The van der Waals surface area contributed by atoms with Crippen molar-refractivity contribution in [3.63, 3.8) is 0 Å². The Hall–Kier alpha value is -0.0800. The fourth-order valence-electron chi connectivity index (χ4n) is 4.26. The molecule has 0 aromatic heterocycles. The van der Waals surface area contributed by atoms with E-state index < -0.39 is 0 Å². The van der Waals surface area contributed by atoms with Gasteiger partial charge in [0, 0.05) is 18.1 Å². The minimum Gasteiger partial charge on any atom is -0.314 e. The second kappa shape index (κ2) is 7.64. The first-order valence-electron chi connectivity index (χ1n) is 8.72. The van der Waals surface area contributed by atoms with Crippen LogP contribution in [0.15, 0.2) is 0 Å². The average molecular weight is 266 g/mol. The highest BCUT2D eigenvalue weighted by atomic mass is 15.2. The molecule has 2 nitrogen and oxygen atoms in total. The summed E-state index contributed by atoms with van der Waals surface area (Å²) in [5, 5.41) is 3.67. The van der Waals surface area contributed by atoms with Crippen LogP contribution in [0.5, 0.6) is 0 Å². The summed E-state index contributed by atoms with van der Waals surface area (Å²) < 4.78 is 0. The molecular formula is C17H34N2. The standard InChI is InChI=1S/C17H34N2/c1-3-19(16-10-6-4-7-11-16)15-14-17(18-2)12-8-5-9-13-17/h16,18H,3-15H2,1-2H3. The lowest BCUT2D eigenvalue weighted by Gasteiger charge is -2.41. The predicted molar refractivity (Wildman–Crippen MR) is 83.6 cm³/mol. The Bertz CT molecular complexity index is 240. The van der Waals surface area contributed by atoms with E-state index in [1.165, 1.54) is 83.7 Å². The van der Waals surface area contributed by atoms with Gasteiger partial charge in [0.2, 0.25) is 0 Å². The third kappa shape index (κ3) is 4.19. The molecule has 2 aliphatic rings. The molecule has 0 radical (unpaired) electrons. The second-order valence-electron chi connectivity index (χ2n) is 6.76. The maximum absolute atomic E-state index is 3.67. The van der Waals surface area contributed by atoms with E-state index in [-0.39, 0.29) is 0 Å². The van der Waals surface area contributed by atoms with Crippen LogP contribution in [0.4, 0.5) is 0 Å². The van der Waals surface area contributed by atoms with Gasteiger partial charge < -0.3 is 10.2 Å². The van der Waals surface area contributed by atoms with Gasteiger partial charge in [-0.1, -0.05) is 45.4 Å². The van der Waals surface area contributed by atoms with Crippen LogP contribution in [0.25, 0.3) is 0 Å². The fraction of sp³-hybridized carbons (Fsp3) is 1.00. The quantitative estimate of drug-likeness (QED) is 0.783. The van der Waals surface area contributed by atoms with Crippen molar-refractivity contribution in [3.8, 4) is 0 Å². The molecule has 0 atom stereocenters. The summed E-state index contributed by atoms with van der Waals surface area (Å²) in [5.41, 5.74) is 0.459. The molecule has 0 bridgehead atoms. The fourth-order valence-corrected chi connectivity index (χ4v) is 4.26. The normalized spacial score (nSPS) is 24.8. The first kappa shape index (κ1) is 15.3. The molecule has 2 saturated carbocycles. The predicted octanol–water partition coefficient (Wildman–Crippen LogP) is 3.95.